The molecular formula is C15H18N2O2. The van der Waals surface area contributed by atoms with E-state index in [2.05, 4.69) is 0 Å². The van der Waals surface area contributed by atoms with Gasteiger partial charge in [-0.05, 0) is 30.2 Å². The fraction of sp³-hybridized carbons (Fsp3) is 0.333. The summed E-state index contributed by atoms with van der Waals surface area (Å²) in [7, 11) is 3.87. The van der Waals surface area contributed by atoms with Gasteiger partial charge in [0.2, 0.25) is 0 Å². The minimum absolute atomic E-state index is 0.0179. The fourth-order valence-corrected chi connectivity index (χ4v) is 1.47. The maximum absolute atomic E-state index is 11.6. The number of nitriles is 1. The molecule has 0 radical (unpaired) electrons. The van der Waals surface area contributed by atoms with Gasteiger partial charge in [0.15, 0.2) is 0 Å². The summed E-state index contributed by atoms with van der Waals surface area (Å²) in [5, 5.41) is 9.01. The quantitative estimate of drug-likeness (QED) is 0.463. The van der Waals surface area contributed by atoms with Gasteiger partial charge in [-0.3, -0.25) is 0 Å². The van der Waals surface area contributed by atoms with Gasteiger partial charge in [0.05, 0.1) is 6.61 Å². The van der Waals surface area contributed by atoms with Crippen molar-refractivity contribution in [2.75, 3.05) is 25.6 Å². The van der Waals surface area contributed by atoms with E-state index < -0.39 is 5.97 Å². The van der Waals surface area contributed by atoms with Crippen LogP contribution in [0, 0.1) is 11.3 Å². The van der Waals surface area contributed by atoms with E-state index in [-0.39, 0.29) is 5.57 Å². The Kier molecular flexibility index (Phi) is 5.62. The van der Waals surface area contributed by atoms with E-state index in [1.54, 1.807) is 6.08 Å². The molecule has 19 heavy (non-hydrogen) atoms. The highest BCUT2D eigenvalue weighted by atomic mass is 16.5. The summed E-state index contributed by atoms with van der Waals surface area (Å²) in [6, 6.07) is 9.47. The van der Waals surface area contributed by atoms with Gasteiger partial charge >= 0.3 is 5.97 Å². The molecule has 0 N–H and O–H groups in total. The van der Waals surface area contributed by atoms with Crippen LogP contribution in [0.4, 0.5) is 5.69 Å². The van der Waals surface area contributed by atoms with E-state index in [4.69, 9.17) is 10.00 Å². The maximum atomic E-state index is 11.6. The van der Waals surface area contributed by atoms with Crippen molar-refractivity contribution in [3.8, 4) is 6.07 Å². The largest absolute Gasteiger partial charge is 0.462 e. The standard InChI is InChI=1S/C15H18N2O2/c1-4-8-19-15(18)13(11-16)9-12-6-5-7-14(10-12)17(2)3/h5-7,9-10H,4,8H2,1-3H3/b13-9+. The van der Waals surface area contributed by atoms with E-state index in [1.807, 2.05) is 56.3 Å². The summed E-state index contributed by atoms with van der Waals surface area (Å²) in [6.07, 6.45) is 2.28. The molecule has 0 aliphatic carbocycles. The Hall–Kier alpha value is -2.28. The number of ether oxygens (including phenoxy) is 1. The van der Waals surface area contributed by atoms with Crippen molar-refractivity contribution in [3.05, 3.63) is 35.4 Å². The predicted octanol–water partition coefficient (Wildman–Crippen LogP) is 2.61. The Morgan fingerprint density at radius 3 is 2.79 bits per heavy atom. The van der Waals surface area contributed by atoms with Crippen LogP contribution >= 0.6 is 0 Å². The third-order valence-corrected chi connectivity index (χ3v) is 2.48. The Labute approximate surface area is 113 Å². The lowest BCUT2D eigenvalue weighted by molar-refractivity contribution is -0.138. The molecule has 0 saturated heterocycles. The van der Waals surface area contributed by atoms with Crippen LogP contribution in [0.2, 0.25) is 0 Å². The van der Waals surface area contributed by atoms with E-state index in [0.717, 1.165) is 17.7 Å². The maximum Gasteiger partial charge on any atom is 0.348 e. The summed E-state index contributed by atoms with van der Waals surface area (Å²) in [6.45, 7) is 2.24. The zero-order valence-electron chi connectivity index (χ0n) is 11.5. The highest BCUT2D eigenvalue weighted by Crippen LogP contribution is 2.16. The average Bonchev–Trinajstić information content (AvgIpc) is 2.42. The lowest BCUT2D eigenvalue weighted by Crippen LogP contribution is -2.09. The second kappa shape index (κ2) is 7.22. The molecule has 4 nitrogen and oxygen atoms in total. The lowest BCUT2D eigenvalue weighted by Gasteiger charge is -2.12. The average molecular weight is 258 g/mol. The molecule has 0 heterocycles. The van der Waals surface area contributed by atoms with Crippen molar-refractivity contribution in [3.63, 3.8) is 0 Å². The molecule has 1 aromatic carbocycles. The molecular weight excluding hydrogens is 240 g/mol. The SMILES string of the molecule is CCCOC(=O)/C(C#N)=C/c1cccc(N(C)C)c1. The molecule has 0 aliphatic rings. The van der Waals surface area contributed by atoms with Gasteiger partial charge in [0.25, 0.3) is 0 Å². The fourth-order valence-electron chi connectivity index (χ4n) is 1.47. The Morgan fingerprint density at radius 1 is 1.47 bits per heavy atom. The topological polar surface area (TPSA) is 53.3 Å². The van der Waals surface area contributed by atoms with Crippen LogP contribution in [-0.4, -0.2) is 26.7 Å². The van der Waals surface area contributed by atoms with Crippen LogP contribution in [0.5, 0.6) is 0 Å². The molecule has 0 unspecified atom stereocenters. The highest BCUT2D eigenvalue weighted by Gasteiger charge is 2.10. The Bertz CT molecular complexity index is 513. The molecule has 100 valence electrons. The van der Waals surface area contributed by atoms with Crippen molar-refractivity contribution in [1.82, 2.24) is 0 Å². The normalized spacial score (nSPS) is 10.7. The summed E-state index contributed by atoms with van der Waals surface area (Å²) in [4.78, 5) is 13.6. The molecule has 0 aromatic heterocycles. The van der Waals surface area contributed by atoms with Crippen LogP contribution in [0.1, 0.15) is 18.9 Å². The predicted molar refractivity (Wildman–Crippen MR) is 75.6 cm³/mol. The number of anilines is 1. The van der Waals surface area contributed by atoms with Gasteiger partial charge < -0.3 is 9.64 Å². The molecule has 0 spiro atoms. The van der Waals surface area contributed by atoms with Gasteiger partial charge in [-0.15, -0.1) is 0 Å². The van der Waals surface area contributed by atoms with Crippen LogP contribution in [0.25, 0.3) is 6.08 Å². The molecule has 0 saturated carbocycles. The highest BCUT2D eigenvalue weighted by molar-refractivity contribution is 5.98. The number of rotatable bonds is 5. The number of nitrogens with zero attached hydrogens (tertiary/aromatic N) is 2. The number of carbonyl (C=O) groups is 1. The molecule has 0 atom stereocenters. The minimum Gasteiger partial charge on any atom is -0.462 e. The number of benzene rings is 1. The number of hydrogen-bond donors (Lipinski definition) is 0. The smallest absolute Gasteiger partial charge is 0.348 e. The van der Waals surface area contributed by atoms with E-state index in [1.165, 1.54) is 0 Å². The molecule has 0 fully saturated rings. The first kappa shape index (κ1) is 14.8. The van der Waals surface area contributed by atoms with Crippen LogP contribution in [-0.2, 0) is 9.53 Å². The van der Waals surface area contributed by atoms with Gasteiger partial charge in [-0.25, -0.2) is 4.79 Å². The summed E-state index contributed by atoms with van der Waals surface area (Å²) in [5.74, 6) is -0.570. The molecule has 0 bridgehead atoms. The van der Waals surface area contributed by atoms with E-state index in [0.29, 0.717) is 6.61 Å². The molecule has 0 amide bonds. The van der Waals surface area contributed by atoms with Gasteiger partial charge in [0.1, 0.15) is 11.6 Å². The van der Waals surface area contributed by atoms with Crippen LogP contribution in [0.3, 0.4) is 0 Å². The van der Waals surface area contributed by atoms with E-state index in [9.17, 15) is 4.79 Å². The van der Waals surface area contributed by atoms with Gasteiger partial charge in [0, 0.05) is 19.8 Å². The first-order valence-corrected chi connectivity index (χ1v) is 6.14. The minimum atomic E-state index is -0.570. The second-order valence-electron chi connectivity index (χ2n) is 4.30. The van der Waals surface area contributed by atoms with Crippen molar-refractivity contribution in [1.29, 1.82) is 5.26 Å². The van der Waals surface area contributed by atoms with Gasteiger partial charge in [-0.2, -0.15) is 5.26 Å². The van der Waals surface area contributed by atoms with Crippen molar-refractivity contribution < 1.29 is 9.53 Å². The monoisotopic (exact) mass is 258 g/mol. The summed E-state index contributed by atoms with van der Waals surface area (Å²) >= 11 is 0. The number of esters is 1. The molecule has 1 rings (SSSR count). The van der Waals surface area contributed by atoms with Crippen LogP contribution < -0.4 is 4.90 Å². The molecule has 1 aromatic rings. The number of hydrogen-bond acceptors (Lipinski definition) is 4. The van der Waals surface area contributed by atoms with Crippen LogP contribution in [0.15, 0.2) is 29.8 Å². The van der Waals surface area contributed by atoms with Crippen molar-refractivity contribution >= 4 is 17.7 Å². The zero-order chi connectivity index (χ0) is 14.3. The Morgan fingerprint density at radius 2 is 2.21 bits per heavy atom. The zero-order valence-corrected chi connectivity index (χ0v) is 11.5. The van der Waals surface area contributed by atoms with Crippen molar-refractivity contribution in [2.24, 2.45) is 0 Å². The number of carbonyl (C=O) groups excluding carboxylic acids is 1. The molecule has 0 aliphatic heterocycles. The first-order chi connectivity index (χ1) is 9.08. The lowest BCUT2D eigenvalue weighted by atomic mass is 10.1. The summed E-state index contributed by atoms with van der Waals surface area (Å²) < 4.78 is 4.95. The third-order valence-electron chi connectivity index (χ3n) is 2.48. The summed E-state index contributed by atoms with van der Waals surface area (Å²) in [5.41, 5.74) is 1.83. The van der Waals surface area contributed by atoms with Crippen molar-refractivity contribution in [2.45, 2.75) is 13.3 Å². The van der Waals surface area contributed by atoms with Gasteiger partial charge in [-0.1, -0.05) is 19.1 Å². The molecule has 4 heteroatoms. The third kappa shape index (κ3) is 4.47. The first-order valence-electron chi connectivity index (χ1n) is 6.14. The Balaban J connectivity index is 2.95. The second-order valence-corrected chi connectivity index (χ2v) is 4.30. The van der Waals surface area contributed by atoms with E-state index >= 15 is 0 Å².